The van der Waals surface area contributed by atoms with Crippen LogP contribution >= 0.6 is 0 Å². The lowest BCUT2D eigenvalue weighted by Gasteiger charge is -1.97. The van der Waals surface area contributed by atoms with Gasteiger partial charge in [-0.2, -0.15) is 0 Å². The first-order chi connectivity index (χ1) is 5.24. The van der Waals surface area contributed by atoms with Crippen LogP contribution < -0.4 is 5.73 Å². The fourth-order valence-corrected chi connectivity index (χ4v) is 0.550. The molecule has 2 nitrogen and oxygen atoms in total. The second-order valence-electron chi connectivity index (χ2n) is 2.09. The average Bonchev–Trinajstić information content (AvgIpc) is 2.06. The first-order valence-corrected chi connectivity index (χ1v) is 3.50. The van der Waals surface area contributed by atoms with Gasteiger partial charge in [0.05, 0.1) is 7.11 Å². The van der Waals surface area contributed by atoms with Gasteiger partial charge in [-0.25, -0.2) is 0 Å². The first kappa shape index (κ1) is 9.98. The molecular weight excluding hydrogens is 138 g/mol. The molecule has 0 amide bonds. The van der Waals surface area contributed by atoms with E-state index in [1.165, 1.54) is 0 Å². The molecule has 0 aromatic heterocycles. The quantitative estimate of drug-likeness (QED) is 0.492. The predicted molar refractivity (Wildman–Crippen MR) is 48.1 cm³/mol. The Hall–Kier alpha value is -1.02. The molecule has 2 heteroatoms. The van der Waals surface area contributed by atoms with Gasteiger partial charge in [-0.05, 0) is 24.6 Å². The van der Waals surface area contributed by atoms with Crippen molar-refractivity contribution in [1.29, 1.82) is 0 Å². The van der Waals surface area contributed by atoms with Crippen LogP contribution in [0.15, 0.2) is 36.1 Å². The van der Waals surface area contributed by atoms with Gasteiger partial charge in [0.2, 0.25) is 0 Å². The van der Waals surface area contributed by atoms with Crippen LogP contribution in [0.1, 0.15) is 6.92 Å². The molecule has 0 fully saturated rings. The van der Waals surface area contributed by atoms with E-state index >= 15 is 0 Å². The second kappa shape index (κ2) is 5.74. The summed E-state index contributed by atoms with van der Waals surface area (Å²) in [6.07, 6.45) is 5.56. The van der Waals surface area contributed by atoms with Gasteiger partial charge in [-0.1, -0.05) is 12.7 Å². The van der Waals surface area contributed by atoms with Crippen molar-refractivity contribution < 1.29 is 4.74 Å². The fraction of sp³-hybridized carbons (Fsp3) is 0.333. The third-order valence-corrected chi connectivity index (χ3v) is 1.27. The SMILES string of the molecule is C=C(/C=C\C(=C/C)OC)CN. The summed E-state index contributed by atoms with van der Waals surface area (Å²) in [5.41, 5.74) is 6.22. The standard InChI is InChI=1S/C9H15NO/c1-4-9(11-3)6-5-8(2)7-10/h4-6H,2,7,10H2,1,3H3/b6-5-,9-4+. The van der Waals surface area contributed by atoms with Crippen molar-refractivity contribution in [2.45, 2.75) is 6.92 Å². The highest BCUT2D eigenvalue weighted by Gasteiger charge is 1.85. The molecule has 11 heavy (non-hydrogen) atoms. The summed E-state index contributed by atoms with van der Waals surface area (Å²) in [5, 5.41) is 0. The molecule has 0 aromatic carbocycles. The molecule has 0 radical (unpaired) electrons. The van der Waals surface area contributed by atoms with Gasteiger partial charge in [-0.3, -0.25) is 0 Å². The molecule has 0 saturated carbocycles. The molecule has 0 saturated heterocycles. The van der Waals surface area contributed by atoms with Crippen LogP contribution in [-0.4, -0.2) is 13.7 Å². The number of methoxy groups -OCH3 is 1. The lowest BCUT2D eigenvalue weighted by Crippen LogP contribution is -1.99. The number of hydrogen-bond donors (Lipinski definition) is 1. The summed E-state index contributed by atoms with van der Waals surface area (Å²) in [6.45, 7) is 6.11. The highest BCUT2D eigenvalue weighted by Crippen LogP contribution is 1.99. The summed E-state index contributed by atoms with van der Waals surface area (Å²) in [7, 11) is 1.63. The highest BCUT2D eigenvalue weighted by atomic mass is 16.5. The molecule has 0 atom stereocenters. The minimum atomic E-state index is 0.483. The molecular formula is C9H15NO. The maximum absolute atomic E-state index is 5.33. The van der Waals surface area contributed by atoms with E-state index in [1.807, 2.05) is 25.2 Å². The Labute approximate surface area is 68.0 Å². The van der Waals surface area contributed by atoms with Crippen molar-refractivity contribution in [3.8, 4) is 0 Å². The largest absolute Gasteiger partial charge is 0.497 e. The summed E-state index contributed by atoms with van der Waals surface area (Å²) >= 11 is 0. The zero-order valence-corrected chi connectivity index (χ0v) is 7.13. The molecule has 0 bridgehead atoms. The third-order valence-electron chi connectivity index (χ3n) is 1.27. The summed E-state index contributed by atoms with van der Waals surface area (Å²) in [6, 6.07) is 0. The van der Waals surface area contributed by atoms with Crippen LogP contribution in [0.3, 0.4) is 0 Å². The smallest absolute Gasteiger partial charge is 0.114 e. The van der Waals surface area contributed by atoms with E-state index in [2.05, 4.69) is 6.58 Å². The zero-order chi connectivity index (χ0) is 8.69. The van der Waals surface area contributed by atoms with Crippen LogP contribution in [0.25, 0.3) is 0 Å². The average molecular weight is 153 g/mol. The third kappa shape index (κ3) is 4.39. The number of nitrogens with two attached hydrogens (primary N) is 1. The van der Waals surface area contributed by atoms with Crippen LogP contribution in [0.4, 0.5) is 0 Å². The minimum Gasteiger partial charge on any atom is -0.497 e. The number of hydrogen-bond acceptors (Lipinski definition) is 2. The monoisotopic (exact) mass is 153 g/mol. The summed E-state index contributed by atoms with van der Waals surface area (Å²) < 4.78 is 4.99. The molecule has 0 rings (SSSR count). The van der Waals surface area contributed by atoms with Crippen LogP contribution in [0.5, 0.6) is 0 Å². The molecule has 0 heterocycles. The Kier molecular flexibility index (Phi) is 5.21. The lowest BCUT2D eigenvalue weighted by molar-refractivity contribution is 0.306. The number of ether oxygens (including phenoxy) is 1. The van der Waals surface area contributed by atoms with Crippen LogP contribution in [-0.2, 0) is 4.74 Å². The van der Waals surface area contributed by atoms with Gasteiger partial charge in [0, 0.05) is 6.54 Å². The molecule has 0 aliphatic rings. The summed E-state index contributed by atoms with van der Waals surface area (Å²) in [5.74, 6) is 0.819. The normalized spacial score (nSPS) is 12.1. The minimum absolute atomic E-state index is 0.483. The molecule has 0 aromatic rings. The van der Waals surface area contributed by atoms with E-state index in [0.717, 1.165) is 11.3 Å². The number of allylic oxidation sites excluding steroid dienone is 2. The summed E-state index contributed by atoms with van der Waals surface area (Å²) in [4.78, 5) is 0. The Balaban J connectivity index is 4.00. The van der Waals surface area contributed by atoms with Crippen molar-refractivity contribution >= 4 is 0 Å². The lowest BCUT2D eigenvalue weighted by atomic mass is 10.2. The van der Waals surface area contributed by atoms with Gasteiger partial charge in [0.1, 0.15) is 5.76 Å². The molecule has 0 spiro atoms. The van der Waals surface area contributed by atoms with Gasteiger partial charge in [0.15, 0.2) is 0 Å². The Morgan fingerprint density at radius 2 is 2.18 bits per heavy atom. The molecule has 0 unspecified atom stereocenters. The van der Waals surface area contributed by atoms with E-state index in [-0.39, 0.29) is 0 Å². The van der Waals surface area contributed by atoms with Gasteiger partial charge >= 0.3 is 0 Å². The molecule has 0 aliphatic heterocycles. The Morgan fingerprint density at radius 1 is 1.55 bits per heavy atom. The van der Waals surface area contributed by atoms with Gasteiger partial charge in [0.25, 0.3) is 0 Å². The van der Waals surface area contributed by atoms with Crippen molar-refractivity contribution in [2.75, 3.05) is 13.7 Å². The molecule has 2 N–H and O–H groups in total. The Morgan fingerprint density at radius 3 is 2.55 bits per heavy atom. The van der Waals surface area contributed by atoms with Crippen molar-refractivity contribution in [3.05, 3.63) is 36.1 Å². The van der Waals surface area contributed by atoms with E-state index in [4.69, 9.17) is 10.5 Å². The van der Waals surface area contributed by atoms with E-state index < -0.39 is 0 Å². The van der Waals surface area contributed by atoms with Crippen molar-refractivity contribution in [3.63, 3.8) is 0 Å². The van der Waals surface area contributed by atoms with Gasteiger partial charge < -0.3 is 10.5 Å². The second-order valence-corrected chi connectivity index (χ2v) is 2.09. The van der Waals surface area contributed by atoms with Crippen LogP contribution in [0.2, 0.25) is 0 Å². The van der Waals surface area contributed by atoms with Crippen LogP contribution in [0, 0.1) is 0 Å². The van der Waals surface area contributed by atoms with E-state index in [1.54, 1.807) is 7.11 Å². The van der Waals surface area contributed by atoms with E-state index in [0.29, 0.717) is 6.54 Å². The molecule has 0 aliphatic carbocycles. The molecule has 62 valence electrons. The van der Waals surface area contributed by atoms with Crippen molar-refractivity contribution in [1.82, 2.24) is 0 Å². The zero-order valence-electron chi connectivity index (χ0n) is 7.13. The predicted octanol–water partition coefficient (Wildman–Crippen LogP) is 1.61. The van der Waals surface area contributed by atoms with E-state index in [9.17, 15) is 0 Å². The van der Waals surface area contributed by atoms with Gasteiger partial charge in [-0.15, -0.1) is 0 Å². The fourth-order valence-electron chi connectivity index (χ4n) is 0.550. The Bertz CT molecular complexity index is 180. The highest BCUT2D eigenvalue weighted by molar-refractivity contribution is 5.23. The van der Waals surface area contributed by atoms with Crippen molar-refractivity contribution in [2.24, 2.45) is 5.73 Å². The maximum atomic E-state index is 5.33. The maximum Gasteiger partial charge on any atom is 0.114 e. The number of rotatable bonds is 4. The topological polar surface area (TPSA) is 35.2 Å². The first-order valence-electron chi connectivity index (χ1n) is 3.50.